The lowest BCUT2D eigenvalue weighted by Gasteiger charge is -2.15. The van der Waals surface area contributed by atoms with Crippen molar-refractivity contribution in [3.05, 3.63) is 29.3 Å². The Balaban J connectivity index is 2.19. The molecule has 1 aromatic rings. The van der Waals surface area contributed by atoms with Crippen LogP contribution in [-0.2, 0) is 11.2 Å². The first kappa shape index (κ1) is 11.1. The molecule has 0 aromatic heterocycles. The van der Waals surface area contributed by atoms with Gasteiger partial charge in [-0.1, -0.05) is 12.1 Å². The van der Waals surface area contributed by atoms with E-state index >= 15 is 0 Å². The van der Waals surface area contributed by atoms with Crippen LogP contribution < -0.4 is 16.8 Å². The number of benzene rings is 1. The van der Waals surface area contributed by atoms with Gasteiger partial charge in [-0.15, -0.1) is 0 Å². The summed E-state index contributed by atoms with van der Waals surface area (Å²) in [6, 6.07) is 5.90. The van der Waals surface area contributed by atoms with Crippen molar-refractivity contribution in [1.82, 2.24) is 0 Å². The lowest BCUT2D eigenvalue weighted by molar-refractivity contribution is -0.115. The van der Waals surface area contributed by atoms with E-state index in [2.05, 4.69) is 5.32 Å². The van der Waals surface area contributed by atoms with Gasteiger partial charge in [0.25, 0.3) is 0 Å². The Morgan fingerprint density at radius 1 is 1.44 bits per heavy atom. The molecule has 1 aliphatic rings. The van der Waals surface area contributed by atoms with Crippen LogP contribution in [0.25, 0.3) is 0 Å². The van der Waals surface area contributed by atoms with Crippen molar-refractivity contribution in [2.75, 3.05) is 5.32 Å². The highest BCUT2D eigenvalue weighted by molar-refractivity contribution is 5.99. The summed E-state index contributed by atoms with van der Waals surface area (Å²) in [6.07, 6.45) is 1.20. The van der Waals surface area contributed by atoms with Crippen LogP contribution >= 0.6 is 0 Å². The summed E-state index contributed by atoms with van der Waals surface area (Å²) in [5, 5.41) is 2.80. The minimum Gasteiger partial charge on any atom is -0.328 e. The topological polar surface area (TPSA) is 81.1 Å². The van der Waals surface area contributed by atoms with Crippen molar-refractivity contribution >= 4 is 11.6 Å². The van der Waals surface area contributed by atoms with E-state index in [0.29, 0.717) is 6.42 Å². The molecular formula is C12H17N3O. The van der Waals surface area contributed by atoms with E-state index in [0.717, 1.165) is 23.2 Å². The second-order valence-electron chi connectivity index (χ2n) is 4.46. The Labute approximate surface area is 95.0 Å². The van der Waals surface area contributed by atoms with Crippen LogP contribution in [0.2, 0.25) is 0 Å². The summed E-state index contributed by atoms with van der Waals surface area (Å²) in [5.41, 5.74) is 14.7. The second-order valence-corrected chi connectivity index (χ2v) is 4.46. The van der Waals surface area contributed by atoms with Crippen LogP contribution in [0, 0.1) is 0 Å². The SMILES string of the molecule is CC(N)CC(N)c1ccc2c(c1)CC(=O)N2. The van der Waals surface area contributed by atoms with Gasteiger partial charge in [0.1, 0.15) is 0 Å². The lowest BCUT2D eigenvalue weighted by atomic mass is 9.98. The summed E-state index contributed by atoms with van der Waals surface area (Å²) < 4.78 is 0. The van der Waals surface area contributed by atoms with E-state index < -0.39 is 0 Å². The zero-order valence-electron chi connectivity index (χ0n) is 9.36. The lowest BCUT2D eigenvalue weighted by Crippen LogP contribution is -2.23. The molecule has 0 fully saturated rings. The molecule has 2 rings (SSSR count). The zero-order valence-corrected chi connectivity index (χ0v) is 9.36. The van der Waals surface area contributed by atoms with E-state index in [1.54, 1.807) is 0 Å². The Hall–Kier alpha value is -1.39. The fourth-order valence-electron chi connectivity index (χ4n) is 2.02. The molecule has 4 heteroatoms. The quantitative estimate of drug-likeness (QED) is 0.707. The first-order valence-corrected chi connectivity index (χ1v) is 5.50. The fraction of sp³-hybridized carbons (Fsp3) is 0.417. The van der Waals surface area contributed by atoms with Crippen molar-refractivity contribution in [3.63, 3.8) is 0 Å². The molecule has 1 aromatic carbocycles. The van der Waals surface area contributed by atoms with E-state index in [4.69, 9.17) is 11.5 Å². The molecule has 0 saturated heterocycles. The van der Waals surface area contributed by atoms with Crippen molar-refractivity contribution in [2.45, 2.75) is 31.8 Å². The molecule has 0 spiro atoms. The number of amides is 1. The Bertz CT molecular complexity index is 415. The summed E-state index contributed by atoms with van der Waals surface area (Å²) in [7, 11) is 0. The third-order valence-corrected chi connectivity index (χ3v) is 2.81. The predicted octanol–water partition coefficient (Wildman–Crippen LogP) is 0.918. The van der Waals surface area contributed by atoms with Gasteiger partial charge in [-0.3, -0.25) is 4.79 Å². The third-order valence-electron chi connectivity index (χ3n) is 2.81. The van der Waals surface area contributed by atoms with E-state index in [9.17, 15) is 4.79 Å². The zero-order chi connectivity index (χ0) is 11.7. The predicted molar refractivity (Wildman–Crippen MR) is 64.0 cm³/mol. The molecule has 2 atom stereocenters. The minimum atomic E-state index is -0.0546. The fourth-order valence-corrected chi connectivity index (χ4v) is 2.02. The first-order chi connectivity index (χ1) is 7.56. The van der Waals surface area contributed by atoms with Gasteiger partial charge in [-0.25, -0.2) is 0 Å². The molecule has 0 saturated carbocycles. The average molecular weight is 219 g/mol. The highest BCUT2D eigenvalue weighted by atomic mass is 16.1. The normalized spacial score (nSPS) is 17.8. The highest BCUT2D eigenvalue weighted by Gasteiger charge is 2.19. The molecule has 5 N–H and O–H groups in total. The number of nitrogens with one attached hydrogen (secondary N) is 1. The van der Waals surface area contributed by atoms with Crippen molar-refractivity contribution in [3.8, 4) is 0 Å². The summed E-state index contributed by atoms with van der Waals surface area (Å²) in [4.78, 5) is 11.2. The number of nitrogens with two attached hydrogens (primary N) is 2. The Morgan fingerprint density at radius 2 is 2.19 bits per heavy atom. The van der Waals surface area contributed by atoms with E-state index in [1.165, 1.54) is 0 Å². The third kappa shape index (κ3) is 2.23. The maximum Gasteiger partial charge on any atom is 0.228 e. The average Bonchev–Trinajstić information content (AvgIpc) is 2.55. The molecule has 16 heavy (non-hydrogen) atoms. The van der Waals surface area contributed by atoms with Crippen LogP contribution in [0.5, 0.6) is 0 Å². The van der Waals surface area contributed by atoms with Gasteiger partial charge in [-0.05, 0) is 30.5 Å². The highest BCUT2D eigenvalue weighted by Crippen LogP contribution is 2.26. The van der Waals surface area contributed by atoms with Gasteiger partial charge in [0.05, 0.1) is 6.42 Å². The van der Waals surface area contributed by atoms with Gasteiger partial charge < -0.3 is 16.8 Å². The molecule has 1 heterocycles. The smallest absolute Gasteiger partial charge is 0.228 e. The van der Waals surface area contributed by atoms with E-state index in [-0.39, 0.29) is 18.0 Å². The monoisotopic (exact) mass is 219 g/mol. The Morgan fingerprint density at radius 3 is 2.88 bits per heavy atom. The molecule has 4 nitrogen and oxygen atoms in total. The van der Waals surface area contributed by atoms with Crippen molar-refractivity contribution in [1.29, 1.82) is 0 Å². The number of carbonyl (C=O) groups is 1. The van der Waals surface area contributed by atoms with E-state index in [1.807, 2.05) is 25.1 Å². The van der Waals surface area contributed by atoms with Gasteiger partial charge in [0.2, 0.25) is 5.91 Å². The van der Waals surface area contributed by atoms with Gasteiger partial charge in [-0.2, -0.15) is 0 Å². The largest absolute Gasteiger partial charge is 0.328 e. The molecule has 1 aliphatic heterocycles. The Kier molecular flexibility index (Phi) is 2.94. The van der Waals surface area contributed by atoms with Crippen LogP contribution in [-0.4, -0.2) is 11.9 Å². The molecular weight excluding hydrogens is 202 g/mol. The number of hydrogen-bond donors (Lipinski definition) is 3. The number of anilines is 1. The van der Waals surface area contributed by atoms with Crippen LogP contribution in [0.3, 0.4) is 0 Å². The molecule has 0 aliphatic carbocycles. The molecule has 2 unspecified atom stereocenters. The number of carbonyl (C=O) groups excluding carboxylic acids is 1. The van der Waals surface area contributed by atoms with Gasteiger partial charge in [0.15, 0.2) is 0 Å². The molecule has 0 radical (unpaired) electrons. The van der Waals surface area contributed by atoms with Crippen molar-refractivity contribution < 1.29 is 4.79 Å². The van der Waals surface area contributed by atoms with Crippen LogP contribution in [0.15, 0.2) is 18.2 Å². The minimum absolute atomic E-state index is 0.0490. The standard InChI is InChI=1S/C12H17N3O/c1-7(13)4-10(14)8-2-3-11-9(5-8)6-12(16)15-11/h2-3,5,7,10H,4,6,13-14H2,1H3,(H,15,16). The van der Waals surface area contributed by atoms with Crippen LogP contribution in [0.1, 0.15) is 30.5 Å². The summed E-state index contributed by atoms with van der Waals surface area (Å²) in [5.74, 6) is 0.0490. The summed E-state index contributed by atoms with van der Waals surface area (Å²) >= 11 is 0. The maximum absolute atomic E-state index is 11.2. The first-order valence-electron chi connectivity index (χ1n) is 5.50. The van der Waals surface area contributed by atoms with Crippen LogP contribution in [0.4, 0.5) is 5.69 Å². The summed E-state index contributed by atoms with van der Waals surface area (Å²) in [6.45, 7) is 1.94. The maximum atomic E-state index is 11.2. The molecule has 0 bridgehead atoms. The second kappa shape index (κ2) is 4.23. The van der Waals surface area contributed by atoms with Gasteiger partial charge >= 0.3 is 0 Å². The molecule has 1 amide bonds. The van der Waals surface area contributed by atoms with Crippen molar-refractivity contribution in [2.24, 2.45) is 11.5 Å². The molecule has 86 valence electrons. The number of fused-ring (bicyclic) bond motifs is 1. The number of rotatable bonds is 3. The number of hydrogen-bond acceptors (Lipinski definition) is 3. The van der Waals surface area contributed by atoms with Gasteiger partial charge in [0, 0.05) is 17.8 Å².